The van der Waals surface area contributed by atoms with Crippen LogP contribution in [0.15, 0.2) is 24.3 Å². The first-order valence-corrected chi connectivity index (χ1v) is 7.25. The molecule has 0 spiro atoms. The molecule has 98 valence electrons. The lowest BCUT2D eigenvalue weighted by Gasteiger charge is -2.27. The van der Waals surface area contributed by atoms with Crippen molar-refractivity contribution in [2.45, 2.75) is 19.8 Å². The van der Waals surface area contributed by atoms with Crippen molar-refractivity contribution in [2.75, 3.05) is 11.8 Å². The van der Waals surface area contributed by atoms with E-state index in [1.165, 1.54) is 5.39 Å². The first-order valence-electron chi connectivity index (χ1n) is 6.18. The molecule has 4 heteroatoms. The molecule has 18 heavy (non-hydrogen) atoms. The highest BCUT2D eigenvalue weighted by atomic mass is 35.5. The number of para-hydroxylation sites is 1. The number of benzene rings is 1. The van der Waals surface area contributed by atoms with E-state index in [4.69, 9.17) is 23.2 Å². The minimum absolute atomic E-state index is 0.0553. The van der Waals surface area contributed by atoms with Gasteiger partial charge in [-0.15, -0.1) is 23.2 Å². The normalized spacial score (nSPS) is 12.2. The Hall–Kier alpha value is -0.730. The molecule has 0 atom stereocenters. The first kappa shape index (κ1) is 13.7. The van der Waals surface area contributed by atoms with Crippen molar-refractivity contribution in [3.05, 3.63) is 30.0 Å². The predicted octanol–water partition coefficient (Wildman–Crippen LogP) is 3.99. The number of rotatable bonds is 5. The monoisotopic (exact) mass is 284 g/mol. The van der Waals surface area contributed by atoms with E-state index in [1.807, 2.05) is 23.9 Å². The Morgan fingerprint density at radius 2 is 1.89 bits per heavy atom. The van der Waals surface area contributed by atoms with Gasteiger partial charge in [0.15, 0.2) is 0 Å². The van der Waals surface area contributed by atoms with E-state index in [0.717, 1.165) is 24.1 Å². The Morgan fingerprint density at radius 1 is 1.22 bits per heavy atom. The van der Waals surface area contributed by atoms with E-state index >= 15 is 0 Å². The molecule has 0 saturated heterocycles. The molecule has 2 nitrogen and oxygen atoms in total. The van der Waals surface area contributed by atoms with Gasteiger partial charge in [0.2, 0.25) is 0 Å². The van der Waals surface area contributed by atoms with Gasteiger partial charge >= 0.3 is 0 Å². The van der Waals surface area contributed by atoms with Gasteiger partial charge in [0.1, 0.15) is 0 Å². The van der Waals surface area contributed by atoms with Gasteiger partial charge in [0, 0.05) is 36.0 Å². The summed E-state index contributed by atoms with van der Waals surface area (Å²) in [5.41, 5.74) is 2.19. The van der Waals surface area contributed by atoms with Crippen molar-refractivity contribution in [1.82, 2.24) is 9.78 Å². The van der Waals surface area contributed by atoms with Crippen molar-refractivity contribution in [2.24, 2.45) is 12.5 Å². The van der Waals surface area contributed by atoms with Crippen molar-refractivity contribution in [3.63, 3.8) is 0 Å². The molecule has 2 rings (SSSR count). The number of aromatic nitrogens is 2. The summed E-state index contributed by atoms with van der Waals surface area (Å²) in [6.45, 7) is 2.13. The minimum Gasteiger partial charge on any atom is -0.268 e. The van der Waals surface area contributed by atoms with Crippen LogP contribution in [0.5, 0.6) is 0 Å². The zero-order valence-corrected chi connectivity index (χ0v) is 12.3. The maximum absolute atomic E-state index is 6.11. The fourth-order valence-electron chi connectivity index (χ4n) is 2.22. The Morgan fingerprint density at radius 3 is 2.50 bits per heavy atom. The van der Waals surface area contributed by atoms with Crippen LogP contribution in [0.3, 0.4) is 0 Å². The molecule has 0 radical (unpaired) electrons. The predicted molar refractivity (Wildman–Crippen MR) is 78.6 cm³/mol. The summed E-state index contributed by atoms with van der Waals surface area (Å²) in [6, 6.07) is 8.27. The quantitative estimate of drug-likeness (QED) is 0.759. The van der Waals surface area contributed by atoms with Gasteiger partial charge in [-0.25, -0.2) is 0 Å². The van der Waals surface area contributed by atoms with E-state index in [1.54, 1.807) is 0 Å². The van der Waals surface area contributed by atoms with Crippen LogP contribution in [0.2, 0.25) is 0 Å². The molecule has 0 aliphatic heterocycles. The van der Waals surface area contributed by atoms with Crippen molar-refractivity contribution in [1.29, 1.82) is 0 Å². The molecule has 2 aromatic rings. The van der Waals surface area contributed by atoms with Crippen LogP contribution in [0, 0.1) is 5.41 Å². The number of halogens is 2. The van der Waals surface area contributed by atoms with Crippen LogP contribution in [-0.4, -0.2) is 21.5 Å². The number of aryl methyl sites for hydroxylation is 1. The van der Waals surface area contributed by atoms with E-state index in [0.29, 0.717) is 11.8 Å². The summed E-state index contributed by atoms with van der Waals surface area (Å²) in [4.78, 5) is 0. The second kappa shape index (κ2) is 5.50. The lowest BCUT2D eigenvalue weighted by Crippen LogP contribution is -2.27. The molecule has 0 aliphatic rings. The second-order valence-corrected chi connectivity index (χ2v) is 5.42. The molecule has 0 unspecified atom stereocenters. The fourth-order valence-corrected chi connectivity index (χ4v) is 3.07. The number of hydrogen-bond donors (Lipinski definition) is 0. The van der Waals surface area contributed by atoms with Crippen LogP contribution in [0.1, 0.15) is 19.0 Å². The SMILES string of the molecule is CCC(CCl)(CCl)Cc1nn(C)c2ccccc12. The summed E-state index contributed by atoms with van der Waals surface area (Å²) in [5.74, 6) is 1.13. The molecule has 0 saturated carbocycles. The molecule has 0 amide bonds. The van der Waals surface area contributed by atoms with Crippen molar-refractivity contribution in [3.8, 4) is 0 Å². The average molecular weight is 285 g/mol. The van der Waals surface area contributed by atoms with Gasteiger partial charge < -0.3 is 0 Å². The minimum atomic E-state index is -0.0553. The van der Waals surface area contributed by atoms with Crippen LogP contribution < -0.4 is 0 Å². The number of fused-ring (bicyclic) bond motifs is 1. The first-order chi connectivity index (χ1) is 8.65. The molecule has 0 N–H and O–H groups in total. The fraction of sp³-hybridized carbons (Fsp3) is 0.500. The van der Waals surface area contributed by atoms with E-state index in [2.05, 4.69) is 24.2 Å². The van der Waals surface area contributed by atoms with Gasteiger partial charge in [0.05, 0.1) is 11.2 Å². The molecule has 0 aliphatic carbocycles. The van der Waals surface area contributed by atoms with E-state index in [9.17, 15) is 0 Å². The lowest BCUT2D eigenvalue weighted by atomic mass is 9.84. The molecule has 0 bridgehead atoms. The molecule has 1 aromatic heterocycles. The van der Waals surface area contributed by atoms with Crippen molar-refractivity contribution < 1.29 is 0 Å². The van der Waals surface area contributed by atoms with Crippen LogP contribution in [0.25, 0.3) is 10.9 Å². The number of hydrogen-bond acceptors (Lipinski definition) is 1. The topological polar surface area (TPSA) is 17.8 Å². The highest BCUT2D eigenvalue weighted by molar-refractivity contribution is 6.21. The summed E-state index contributed by atoms with van der Waals surface area (Å²) < 4.78 is 1.92. The van der Waals surface area contributed by atoms with E-state index < -0.39 is 0 Å². The highest BCUT2D eigenvalue weighted by Crippen LogP contribution is 2.32. The number of nitrogens with zero attached hydrogens (tertiary/aromatic N) is 2. The van der Waals surface area contributed by atoms with Gasteiger partial charge in [0.25, 0.3) is 0 Å². The third-order valence-corrected chi connectivity index (χ3v) is 4.83. The van der Waals surface area contributed by atoms with Crippen LogP contribution in [0.4, 0.5) is 0 Å². The molecule has 1 aromatic carbocycles. The standard InChI is InChI=1S/C14H18Cl2N2/c1-3-14(9-15,10-16)8-12-11-6-4-5-7-13(11)18(2)17-12/h4-7H,3,8-10H2,1-2H3. The van der Waals surface area contributed by atoms with Gasteiger partial charge in [-0.2, -0.15) is 5.10 Å². The lowest BCUT2D eigenvalue weighted by molar-refractivity contribution is 0.358. The Kier molecular flexibility index (Phi) is 4.18. The maximum Gasteiger partial charge on any atom is 0.0709 e. The zero-order valence-electron chi connectivity index (χ0n) is 10.8. The average Bonchev–Trinajstić information content (AvgIpc) is 2.73. The Balaban J connectivity index is 2.43. The molecular formula is C14H18Cl2N2. The smallest absolute Gasteiger partial charge is 0.0709 e. The molecular weight excluding hydrogens is 267 g/mol. The van der Waals surface area contributed by atoms with Crippen molar-refractivity contribution >= 4 is 34.1 Å². The summed E-state index contributed by atoms with van der Waals surface area (Å²) >= 11 is 12.2. The summed E-state index contributed by atoms with van der Waals surface area (Å²) in [6.07, 6.45) is 1.79. The van der Waals surface area contributed by atoms with Crippen LogP contribution in [-0.2, 0) is 13.5 Å². The van der Waals surface area contributed by atoms with Gasteiger partial charge in [-0.05, 0) is 12.5 Å². The van der Waals surface area contributed by atoms with E-state index in [-0.39, 0.29) is 5.41 Å². The third kappa shape index (κ3) is 2.36. The molecule has 1 heterocycles. The second-order valence-electron chi connectivity index (χ2n) is 4.89. The summed E-state index contributed by atoms with van der Waals surface area (Å²) in [7, 11) is 1.97. The van der Waals surface area contributed by atoms with Gasteiger partial charge in [-0.1, -0.05) is 25.1 Å². The zero-order chi connectivity index (χ0) is 13.2. The maximum atomic E-state index is 6.11. The summed E-state index contributed by atoms with van der Waals surface area (Å²) in [5, 5.41) is 5.82. The van der Waals surface area contributed by atoms with Crippen LogP contribution >= 0.6 is 23.2 Å². The largest absolute Gasteiger partial charge is 0.268 e. The molecule has 0 fully saturated rings. The Labute approximate surface area is 118 Å². The Bertz CT molecular complexity index is 521. The van der Waals surface area contributed by atoms with Gasteiger partial charge in [-0.3, -0.25) is 4.68 Å². The number of alkyl halides is 2. The third-order valence-electron chi connectivity index (χ3n) is 3.69. The highest BCUT2D eigenvalue weighted by Gasteiger charge is 2.28.